The fraction of sp³-hybridized carbons (Fsp3) is 0.438. The van der Waals surface area contributed by atoms with Crippen LogP contribution >= 0.6 is 0 Å². The van der Waals surface area contributed by atoms with Crippen molar-refractivity contribution >= 4 is 16.7 Å². The van der Waals surface area contributed by atoms with Crippen molar-refractivity contribution in [3.05, 3.63) is 40.9 Å². The number of benzene rings is 1. The van der Waals surface area contributed by atoms with E-state index in [0.29, 0.717) is 17.3 Å². The van der Waals surface area contributed by atoms with Gasteiger partial charge in [-0.3, -0.25) is 14.2 Å². The molecule has 1 saturated heterocycles. The number of nitrogens with zero attached hydrogens (tertiary/aromatic N) is 2. The second kappa shape index (κ2) is 6.18. The third-order valence-corrected chi connectivity index (χ3v) is 3.96. The Morgan fingerprint density at radius 3 is 3.00 bits per heavy atom. The molecule has 0 saturated carbocycles. The van der Waals surface area contributed by atoms with Crippen LogP contribution < -0.4 is 10.9 Å². The molecule has 110 valence electrons. The number of para-hydroxylation sites is 1. The van der Waals surface area contributed by atoms with Gasteiger partial charge in [-0.2, -0.15) is 0 Å². The van der Waals surface area contributed by atoms with Gasteiger partial charge in [0.25, 0.3) is 5.56 Å². The minimum Gasteiger partial charge on any atom is -0.314 e. The molecule has 5 nitrogen and oxygen atoms in total. The number of Topliss-reactive ketones (excluding diaryl/α,β-unsaturated/α-hetero) is 1. The van der Waals surface area contributed by atoms with E-state index in [9.17, 15) is 9.59 Å². The molecule has 2 heterocycles. The van der Waals surface area contributed by atoms with Crippen LogP contribution in [0, 0.1) is 0 Å². The standard InChI is InChI=1S/C16H19N3O2/c20-13(9-12-5-3-4-8-17-12)10-19-11-18-15-7-2-1-6-14(15)16(19)21/h1-2,6-7,11-12,17H,3-5,8-10H2/t12-/m0/s1. The summed E-state index contributed by atoms with van der Waals surface area (Å²) in [5.41, 5.74) is 0.519. The van der Waals surface area contributed by atoms with Gasteiger partial charge in [0.2, 0.25) is 0 Å². The third kappa shape index (κ3) is 3.19. The first-order chi connectivity index (χ1) is 10.2. The Labute approximate surface area is 123 Å². The Hall–Kier alpha value is -2.01. The van der Waals surface area contributed by atoms with Gasteiger partial charge in [0, 0.05) is 12.5 Å². The summed E-state index contributed by atoms with van der Waals surface area (Å²) in [6, 6.07) is 7.46. The monoisotopic (exact) mass is 285 g/mol. The summed E-state index contributed by atoms with van der Waals surface area (Å²) < 4.78 is 1.41. The van der Waals surface area contributed by atoms with Crippen molar-refractivity contribution in [1.29, 1.82) is 0 Å². The Morgan fingerprint density at radius 1 is 1.33 bits per heavy atom. The molecule has 1 aromatic carbocycles. The highest BCUT2D eigenvalue weighted by Gasteiger charge is 2.17. The second-order valence-corrected chi connectivity index (χ2v) is 5.58. The summed E-state index contributed by atoms with van der Waals surface area (Å²) >= 11 is 0. The summed E-state index contributed by atoms with van der Waals surface area (Å²) in [6.07, 6.45) is 5.34. The maximum absolute atomic E-state index is 12.3. The third-order valence-electron chi connectivity index (χ3n) is 3.96. The Bertz CT molecular complexity index is 702. The van der Waals surface area contributed by atoms with Gasteiger partial charge in [0.15, 0.2) is 5.78 Å². The predicted octanol–water partition coefficient (Wildman–Crippen LogP) is 1.50. The van der Waals surface area contributed by atoms with Gasteiger partial charge in [-0.25, -0.2) is 4.98 Å². The molecule has 0 bridgehead atoms. The smallest absolute Gasteiger partial charge is 0.261 e. The number of fused-ring (bicyclic) bond motifs is 1. The first-order valence-corrected chi connectivity index (χ1v) is 7.43. The van der Waals surface area contributed by atoms with Gasteiger partial charge >= 0.3 is 0 Å². The molecule has 0 unspecified atom stereocenters. The van der Waals surface area contributed by atoms with E-state index in [2.05, 4.69) is 10.3 Å². The number of nitrogens with one attached hydrogen (secondary N) is 1. The van der Waals surface area contributed by atoms with E-state index in [4.69, 9.17) is 0 Å². The molecular weight excluding hydrogens is 266 g/mol. The molecule has 1 aromatic heterocycles. The minimum absolute atomic E-state index is 0.0774. The van der Waals surface area contributed by atoms with Crippen molar-refractivity contribution in [2.24, 2.45) is 0 Å². The van der Waals surface area contributed by atoms with E-state index in [-0.39, 0.29) is 23.9 Å². The van der Waals surface area contributed by atoms with Crippen LogP contribution in [0.1, 0.15) is 25.7 Å². The zero-order valence-corrected chi connectivity index (χ0v) is 11.9. The van der Waals surface area contributed by atoms with Gasteiger partial charge in [0.05, 0.1) is 23.8 Å². The Balaban J connectivity index is 1.73. The van der Waals surface area contributed by atoms with Crippen LogP contribution in [0.5, 0.6) is 0 Å². The molecule has 1 N–H and O–H groups in total. The fourth-order valence-electron chi connectivity index (χ4n) is 2.85. The molecule has 0 aliphatic carbocycles. The summed E-state index contributed by atoms with van der Waals surface area (Å²) in [7, 11) is 0. The van der Waals surface area contributed by atoms with Crippen molar-refractivity contribution in [2.75, 3.05) is 6.54 Å². The maximum Gasteiger partial charge on any atom is 0.261 e. The highest BCUT2D eigenvalue weighted by atomic mass is 16.1. The molecule has 3 rings (SSSR count). The number of carbonyl (C=O) groups is 1. The highest BCUT2D eigenvalue weighted by molar-refractivity contribution is 5.80. The summed E-state index contributed by atoms with van der Waals surface area (Å²) in [4.78, 5) is 28.7. The van der Waals surface area contributed by atoms with E-state index in [1.54, 1.807) is 12.1 Å². The lowest BCUT2D eigenvalue weighted by atomic mass is 10.00. The van der Waals surface area contributed by atoms with Crippen LogP contribution in [0.3, 0.4) is 0 Å². The lowest BCUT2D eigenvalue weighted by Crippen LogP contribution is -2.37. The van der Waals surface area contributed by atoms with E-state index in [1.807, 2.05) is 12.1 Å². The number of piperidine rings is 1. The largest absolute Gasteiger partial charge is 0.314 e. The van der Waals surface area contributed by atoms with Gasteiger partial charge in [0.1, 0.15) is 0 Å². The van der Waals surface area contributed by atoms with Crippen LogP contribution in [-0.4, -0.2) is 27.9 Å². The first-order valence-electron chi connectivity index (χ1n) is 7.43. The van der Waals surface area contributed by atoms with Crippen molar-refractivity contribution in [3.8, 4) is 0 Å². The number of rotatable bonds is 4. The van der Waals surface area contributed by atoms with Crippen molar-refractivity contribution in [2.45, 2.75) is 38.3 Å². The van der Waals surface area contributed by atoms with Crippen LogP contribution in [0.2, 0.25) is 0 Å². The van der Waals surface area contributed by atoms with Crippen LogP contribution in [0.4, 0.5) is 0 Å². The number of carbonyl (C=O) groups excluding carboxylic acids is 1. The van der Waals surface area contributed by atoms with Crippen molar-refractivity contribution in [1.82, 2.24) is 14.9 Å². The quantitative estimate of drug-likeness (QED) is 0.924. The minimum atomic E-state index is -0.148. The highest BCUT2D eigenvalue weighted by Crippen LogP contribution is 2.11. The first kappa shape index (κ1) is 13.9. The SMILES string of the molecule is O=C(C[C@@H]1CCCCN1)Cn1cnc2ccccc2c1=O. The van der Waals surface area contributed by atoms with Gasteiger partial charge in [-0.05, 0) is 31.5 Å². The van der Waals surface area contributed by atoms with E-state index >= 15 is 0 Å². The summed E-state index contributed by atoms with van der Waals surface area (Å²) in [5.74, 6) is 0.0774. The molecule has 2 aromatic rings. The molecule has 0 spiro atoms. The number of ketones is 1. The summed E-state index contributed by atoms with van der Waals surface area (Å²) in [5, 5.41) is 3.92. The van der Waals surface area contributed by atoms with Crippen molar-refractivity contribution in [3.63, 3.8) is 0 Å². The number of hydrogen-bond donors (Lipinski definition) is 1. The molecule has 1 aliphatic heterocycles. The molecule has 5 heteroatoms. The molecule has 21 heavy (non-hydrogen) atoms. The zero-order valence-electron chi connectivity index (χ0n) is 11.9. The Kier molecular flexibility index (Phi) is 4.10. The van der Waals surface area contributed by atoms with Gasteiger partial charge in [-0.1, -0.05) is 18.6 Å². The normalized spacial score (nSPS) is 18.8. The van der Waals surface area contributed by atoms with Crippen LogP contribution in [0.15, 0.2) is 35.4 Å². The van der Waals surface area contributed by atoms with Crippen molar-refractivity contribution < 1.29 is 4.79 Å². The lowest BCUT2D eigenvalue weighted by Gasteiger charge is -2.22. The molecule has 0 amide bonds. The molecule has 0 radical (unpaired) electrons. The molecule has 1 aliphatic rings. The van der Waals surface area contributed by atoms with E-state index in [0.717, 1.165) is 13.0 Å². The lowest BCUT2D eigenvalue weighted by molar-refractivity contribution is -0.120. The Morgan fingerprint density at radius 2 is 2.19 bits per heavy atom. The summed E-state index contributed by atoms with van der Waals surface area (Å²) in [6.45, 7) is 1.09. The predicted molar refractivity (Wildman–Crippen MR) is 81.3 cm³/mol. The molecule has 1 fully saturated rings. The van der Waals surface area contributed by atoms with Gasteiger partial charge in [-0.15, -0.1) is 0 Å². The number of hydrogen-bond acceptors (Lipinski definition) is 4. The fourth-order valence-corrected chi connectivity index (χ4v) is 2.85. The van der Waals surface area contributed by atoms with E-state index < -0.39 is 0 Å². The average Bonchev–Trinajstić information content (AvgIpc) is 2.51. The topological polar surface area (TPSA) is 64.0 Å². The number of aromatic nitrogens is 2. The second-order valence-electron chi connectivity index (χ2n) is 5.58. The van der Waals surface area contributed by atoms with Gasteiger partial charge < -0.3 is 5.32 Å². The molecular formula is C16H19N3O2. The van der Waals surface area contributed by atoms with Crippen LogP contribution in [0.25, 0.3) is 10.9 Å². The van der Waals surface area contributed by atoms with Crippen LogP contribution in [-0.2, 0) is 11.3 Å². The van der Waals surface area contributed by atoms with E-state index in [1.165, 1.54) is 23.7 Å². The maximum atomic E-state index is 12.3. The molecule has 1 atom stereocenters. The average molecular weight is 285 g/mol. The zero-order chi connectivity index (χ0) is 14.7.